The average molecular weight is 334 g/mol. The fourth-order valence-electron chi connectivity index (χ4n) is 3.43. The number of nitrogens with one attached hydrogen (secondary N) is 1. The molecule has 0 aromatic heterocycles. The van der Waals surface area contributed by atoms with Crippen molar-refractivity contribution in [1.82, 2.24) is 10.2 Å². The second kappa shape index (κ2) is 7.30. The second-order valence-corrected chi connectivity index (χ2v) is 6.44. The molecular formula is C18H26N2O4. The maximum Gasteiger partial charge on any atom is 0.318 e. The molecule has 1 fully saturated rings. The first-order chi connectivity index (χ1) is 11.6. The molecule has 2 atom stereocenters. The molecule has 2 aliphatic rings. The first-order valence-corrected chi connectivity index (χ1v) is 8.53. The van der Waals surface area contributed by atoms with Gasteiger partial charge in [-0.15, -0.1) is 0 Å². The Hall–Kier alpha value is -1.95. The van der Waals surface area contributed by atoms with E-state index in [4.69, 9.17) is 14.2 Å². The quantitative estimate of drug-likeness (QED) is 0.918. The third kappa shape index (κ3) is 3.43. The van der Waals surface area contributed by atoms with E-state index in [0.717, 1.165) is 37.2 Å². The highest BCUT2D eigenvalue weighted by Gasteiger charge is 2.27. The predicted octanol–water partition coefficient (Wildman–Crippen LogP) is 2.34. The van der Waals surface area contributed by atoms with E-state index in [1.165, 1.54) is 5.56 Å². The van der Waals surface area contributed by atoms with Crippen LogP contribution in [-0.2, 0) is 17.7 Å². The maximum atomic E-state index is 12.6. The van der Waals surface area contributed by atoms with Crippen LogP contribution in [0.25, 0.3) is 0 Å². The summed E-state index contributed by atoms with van der Waals surface area (Å²) < 4.78 is 16.4. The maximum absolute atomic E-state index is 12.6. The van der Waals surface area contributed by atoms with Crippen molar-refractivity contribution in [2.24, 2.45) is 0 Å². The molecule has 2 aliphatic heterocycles. The highest BCUT2D eigenvalue weighted by Crippen LogP contribution is 2.33. The Bertz CT molecular complexity index is 599. The summed E-state index contributed by atoms with van der Waals surface area (Å²) in [4.78, 5) is 14.4. The largest absolute Gasteiger partial charge is 0.493 e. The van der Waals surface area contributed by atoms with E-state index in [1.807, 2.05) is 24.0 Å². The van der Waals surface area contributed by atoms with Gasteiger partial charge in [0.2, 0.25) is 0 Å². The molecule has 1 N–H and O–H groups in total. The van der Waals surface area contributed by atoms with E-state index in [9.17, 15) is 4.79 Å². The molecule has 0 radical (unpaired) electrons. The number of hydrogen-bond donors (Lipinski definition) is 1. The smallest absolute Gasteiger partial charge is 0.318 e. The average Bonchev–Trinajstić information content (AvgIpc) is 3.14. The fraction of sp³-hybridized carbons (Fsp3) is 0.611. The first kappa shape index (κ1) is 16.9. The molecule has 1 saturated heterocycles. The second-order valence-electron chi connectivity index (χ2n) is 6.44. The van der Waals surface area contributed by atoms with Crippen LogP contribution in [-0.4, -0.2) is 50.4 Å². The molecule has 0 saturated carbocycles. The summed E-state index contributed by atoms with van der Waals surface area (Å²) in [5.74, 6) is 1.44. The number of hydrogen-bond acceptors (Lipinski definition) is 4. The van der Waals surface area contributed by atoms with E-state index in [0.29, 0.717) is 18.8 Å². The van der Waals surface area contributed by atoms with Gasteiger partial charge in [0.25, 0.3) is 0 Å². The van der Waals surface area contributed by atoms with Gasteiger partial charge in [-0.3, -0.25) is 0 Å². The van der Waals surface area contributed by atoms with Crippen molar-refractivity contribution in [3.05, 3.63) is 23.3 Å². The number of carbonyl (C=O) groups excluding carboxylic acids is 1. The van der Waals surface area contributed by atoms with Gasteiger partial charge in [-0.05, 0) is 49.4 Å². The normalized spacial score (nSPS) is 21.1. The van der Waals surface area contributed by atoms with Crippen molar-refractivity contribution >= 4 is 6.03 Å². The summed E-state index contributed by atoms with van der Waals surface area (Å²) in [7, 11) is 3.26. The highest BCUT2D eigenvalue weighted by molar-refractivity contribution is 5.75. The summed E-state index contributed by atoms with van der Waals surface area (Å²) >= 11 is 0. The van der Waals surface area contributed by atoms with Crippen LogP contribution in [0.1, 0.15) is 30.9 Å². The molecule has 0 aliphatic carbocycles. The molecule has 1 aromatic carbocycles. The Morgan fingerprint density at radius 1 is 1.29 bits per heavy atom. The van der Waals surface area contributed by atoms with Crippen LogP contribution in [0, 0.1) is 0 Å². The summed E-state index contributed by atoms with van der Waals surface area (Å²) in [5, 5.41) is 3.08. The number of rotatable bonds is 4. The van der Waals surface area contributed by atoms with Crippen molar-refractivity contribution in [2.45, 2.75) is 44.9 Å². The molecule has 6 heteroatoms. The van der Waals surface area contributed by atoms with E-state index < -0.39 is 0 Å². The van der Waals surface area contributed by atoms with Crippen molar-refractivity contribution in [3.8, 4) is 11.5 Å². The number of nitrogens with zero attached hydrogens (tertiary/aromatic N) is 1. The molecule has 0 bridgehead atoms. The monoisotopic (exact) mass is 334 g/mol. The highest BCUT2D eigenvalue weighted by atomic mass is 16.5. The lowest BCUT2D eigenvalue weighted by atomic mass is 9.99. The van der Waals surface area contributed by atoms with Gasteiger partial charge < -0.3 is 24.4 Å². The molecule has 1 aromatic rings. The number of urea groups is 1. The minimum atomic E-state index is -0.0292. The van der Waals surface area contributed by atoms with Gasteiger partial charge in [0.05, 0.1) is 26.4 Å². The van der Waals surface area contributed by atoms with E-state index in [-0.39, 0.29) is 18.2 Å². The Balaban J connectivity index is 1.66. The van der Waals surface area contributed by atoms with Crippen LogP contribution < -0.4 is 14.8 Å². The lowest BCUT2D eigenvalue weighted by molar-refractivity contribution is 0.0829. The topological polar surface area (TPSA) is 60.0 Å². The third-order valence-corrected chi connectivity index (χ3v) is 4.88. The van der Waals surface area contributed by atoms with Gasteiger partial charge >= 0.3 is 6.03 Å². The number of fused-ring (bicyclic) bond motifs is 1. The molecule has 6 nitrogen and oxygen atoms in total. The zero-order valence-corrected chi connectivity index (χ0v) is 14.6. The summed E-state index contributed by atoms with van der Waals surface area (Å²) in [6, 6.07) is 3.99. The van der Waals surface area contributed by atoms with Crippen LogP contribution in [0.5, 0.6) is 11.5 Å². The number of ether oxygens (including phenoxy) is 3. The van der Waals surface area contributed by atoms with E-state index in [1.54, 1.807) is 14.2 Å². The van der Waals surface area contributed by atoms with E-state index >= 15 is 0 Å². The lowest BCUT2D eigenvalue weighted by Gasteiger charge is -2.31. The van der Waals surface area contributed by atoms with Gasteiger partial charge in [0.1, 0.15) is 0 Å². The molecule has 3 rings (SSSR count). The van der Waals surface area contributed by atoms with Gasteiger partial charge in [0.15, 0.2) is 11.5 Å². The van der Waals surface area contributed by atoms with Gasteiger partial charge in [0, 0.05) is 19.7 Å². The number of methoxy groups -OCH3 is 2. The van der Waals surface area contributed by atoms with Crippen molar-refractivity contribution < 1.29 is 19.0 Å². The summed E-state index contributed by atoms with van der Waals surface area (Å²) in [6.07, 6.45) is 3.04. The summed E-state index contributed by atoms with van der Waals surface area (Å²) in [6.45, 7) is 4.09. The lowest BCUT2D eigenvalue weighted by Crippen LogP contribution is -2.49. The third-order valence-electron chi connectivity index (χ3n) is 4.88. The number of amides is 2. The van der Waals surface area contributed by atoms with Crippen LogP contribution in [0.15, 0.2) is 12.1 Å². The minimum absolute atomic E-state index is 0.0292. The SMILES string of the molecule is COc1cc2c(cc1OC)CN(C(=O)N[C@@H](C)[C@@H]1CCCO1)CC2. The Morgan fingerprint density at radius 3 is 2.62 bits per heavy atom. The molecule has 0 spiro atoms. The zero-order valence-electron chi connectivity index (χ0n) is 14.6. The van der Waals surface area contributed by atoms with Gasteiger partial charge in [-0.25, -0.2) is 4.79 Å². The molecule has 2 amide bonds. The van der Waals surface area contributed by atoms with Crippen molar-refractivity contribution in [1.29, 1.82) is 0 Å². The van der Waals surface area contributed by atoms with Crippen molar-refractivity contribution in [2.75, 3.05) is 27.4 Å². The van der Waals surface area contributed by atoms with Crippen LogP contribution >= 0.6 is 0 Å². The Labute approximate surface area is 143 Å². The molecule has 0 unspecified atom stereocenters. The minimum Gasteiger partial charge on any atom is -0.493 e. The summed E-state index contributed by atoms with van der Waals surface area (Å²) in [5.41, 5.74) is 2.32. The van der Waals surface area contributed by atoms with Gasteiger partial charge in [-0.1, -0.05) is 0 Å². The predicted molar refractivity (Wildman–Crippen MR) is 90.6 cm³/mol. The Kier molecular flexibility index (Phi) is 5.14. The fourth-order valence-corrected chi connectivity index (χ4v) is 3.43. The number of carbonyl (C=O) groups is 1. The molecular weight excluding hydrogens is 308 g/mol. The standard InChI is InChI=1S/C18H26N2O4/c1-12(15-5-4-8-24-15)19-18(21)20-7-6-13-9-16(22-2)17(23-3)10-14(13)11-20/h9-10,12,15H,4-8,11H2,1-3H3,(H,19,21)/t12-,15-/m0/s1. The molecule has 2 heterocycles. The van der Waals surface area contributed by atoms with Crippen molar-refractivity contribution in [3.63, 3.8) is 0 Å². The van der Waals surface area contributed by atoms with Crippen LogP contribution in [0.2, 0.25) is 0 Å². The van der Waals surface area contributed by atoms with E-state index in [2.05, 4.69) is 5.32 Å². The first-order valence-electron chi connectivity index (χ1n) is 8.53. The van der Waals surface area contributed by atoms with Gasteiger partial charge in [-0.2, -0.15) is 0 Å². The van der Waals surface area contributed by atoms with Crippen LogP contribution in [0.4, 0.5) is 4.79 Å². The molecule has 132 valence electrons. The number of benzene rings is 1. The van der Waals surface area contributed by atoms with Crippen LogP contribution in [0.3, 0.4) is 0 Å². The zero-order chi connectivity index (χ0) is 17.1. The Morgan fingerprint density at radius 2 is 2.00 bits per heavy atom. The molecule has 24 heavy (non-hydrogen) atoms.